The van der Waals surface area contributed by atoms with Gasteiger partial charge >= 0.3 is 0 Å². The summed E-state index contributed by atoms with van der Waals surface area (Å²) >= 11 is 0. The lowest BCUT2D eigenvalue weighted by Gasteiger charge is -2.35. The number of nitrogens with zero attached hydrogens (tertiary/aromatic N) is 2. The van der Waals surface area contributed by atoms with Crippen molar-refractivity contribution in [3.8, 4) is 55.6 Å². The Hall–Kier alpha value is -12.3. The first-order chi connectivity index (χ1) is 47.9. The molecule has 0 saturated carbocycles. The van der Waals surface area contributed by atoms with Gasteiger partial charge in [0.25, 0.3) is 0 Å². The van der Waals surface area contributed by atoms with Crippen LogP contribution in [0.4, 0.5) is 60.5 Å². The molecule has 0 spiro atoms. The maximum Gasteiger partial charge on any atom is 0.159 e. The minimum Gasteiger partial charge on any atom is -0.310 e. The van der Waals surface area contributed by atoms with Gasteiger partial charge < -0.3 is 9.80 Å². The number of hydrogen-bond acceptors (Lipinski definition) is 2. The van der Waals surface area contributed by atoms with Crippen molar-refractivity contribution in [1.82, 2.24) is 0 Å². The Morgan fingerprint density at radius 3 is 0.816 bits per heavy atom. The van der Waals surface area contributed by atoms with Crippen LogP contribution in [0.3, 0.4) is 0 Å². The van der Waals surface area contributed by atoms with Gasteiger partial charge in [-0.05, 0) is 233 Å². The molecule has 0 fully saturated rings. The molecule has 0 amide bonds. The lowest BCUT2D eigenvalue weighted by atomic mass is 9.67. The molecule has 98 heavy (non-hydrogen) atoms. The van der Waals surface area contributed by atoms with Crippen LogP contribution in [0.5, 0.6) is 0 Å². The predicted molar refractivity (Wildman–Crippen MR) is 387 cm³/mol. The molecule has 0 N–H and O–H groups in total. The summed E-state index contributed by atoms with van der Waals surface area (Å²) in [4.78, 5) is 4.38. The molecule has 0 aromatic heterocycles. The normalized spacial score (nSPS) is 14.8. The SMILES string of the molecule is C=Cc1ccc(C2(c3ccc(F)c(F)c3)c3ccccc3-c3ccc(N(c4ccc(-c5ccc(F)cc5)cc4)c4ccc(-c5ccc(N(c6ccc(-c7ccc(F)cc7)cc6)c6ccc7c(c6)C(c6ccc(C=C)cc6)(c6ccc(F)c(F)c6)c6ccccc6-7)cc5)cc4)cc32)cc1. The van der Waals surface area contributed by atoms with Crippen LogP contribution in [-0.2, 0) is 10.8 Å². The van der Waals surface area contributed by atoms with E-state index in [1.807, 2.05) is 97.1 Å². The molecule has 2 unspecified atom stereocenters. The van der Waals surface area contributed by atoms with Gasteiger partial charge in [0.15, 0.2) is 23.3 Å². The van der Waals surface area contributed by atoms with Gasteiger partial charge in [-0.1, -0.05) is 219 Å². The Labute approximate surface area is 564 Å². The van der Waals surface area contributed by atoms with E-state index >= 15 is 17.6 Å². The fraction of sp³-hybridized carbons (Fsp3) is 0.0222. The molecular formula is C90H58F6N2. The van der Waals surface area contributed by atoms with E-state index in [-0.39, 0.29) is 11.6 Å². The van der Waals surface area contributed by atoms with Crippen molar-refractivity contribution >= 4 is 46.3 Å². The van der Waals surface area contributed by atoms with E-state index in [0.29, 0.717) is 11.1 Å². The van der Waals surface area contributed by atoms with Crippen LogP contribution in [0.1, 0.15) is 55.6 Å². The van der Waals surface area contributed by atoms with E-state index in [1.165, 1.54) is 48.5 Å². The van der Waals surface area contributed by atoms with Crippen molar-refractivity contribution in [3.05, 3.63) is 419 Å². The average Bonchev–Trinajstić information content (AvgIpc) is 1.53. The Morgan fingerprint density at radius 1 is 0.235 bits per heavy atom. The average molecular weight is 1280 g/mol. The van der Waals surface area contributed by atoms with Crippen molar-refractivity contribution in [2.45, 2.75) is 10.8 Å². The maximum absolute atomic E-state index is 15.8. The molecule has 2 aliphatic carbocycles. The van der Waals surface area contributed by atoms with Crippen molar-refractivity contribution in [2.75, 3.05) is 9.80 Å². The quantitative estimate of drug-likeness (QED) is 0.0944. The molecule has 470 valence electrons. The maximum atomic E-state index is 15.8. The Morgan fingerprint density at radius 2 is 0.510 bits per heavy atom. The van der Waals surface area contributed by atoms with Crippen LogP contribution in [0, 0.1) is 34.9 Å². The topological polar surface area (TPSA) is 6.48 Å². The molecule has 0 saturated heterocycles. The molecule has 2 atom stereocenters. The van der Waals surface area contributed by atoms with Gasteiger partial charge in [0.2, 0.25) is 0 Å². The second-order valence-corrected chi connectivity index (χ2v) is 24.8. The summed E-state index contributed by atoms with van der Waals surface area (Å²) in [6.45, 7) is 8.02. The number of benzene rings is 14. The largest absolute Gasteiger partial charge is 0.310 e. The van der Waals surface area contributed by atoms with E-state index in [4.69, 9.17) is 0 Å². The summed E-state index contributed by atoms with van der Waals surface area (Å²) in [5, 5.41) is 0. The van der Waals surface area contributed by atoms with Crippen molar-refractivity contribution in [1.29, 1.82) is 0 Å². The fourth-order valence-electron chi connectivity index (χ4n) is 15.0. The van der Waals surface area contributed by atoms with Gasteiger partial charge in [0, 0.05) is 34.1 Å². The summed E-state index contributed by atoms with van der Waals surface area (Å²) < 4.78 is 90.2. The van der Waals surface area contributed by atoms with Crippen LogP contribution >= 0.6 is 0 Å². The smallest absolute Gasteiger partial charge is 0.159 e. The summed E-state index contributed by atoms with van der Waals surface area (Å²) in [6, 6.07) is 99.6. The third-order valence-electron chi connectivity index (χ3n) is 19.6. The van der Waals surface area contributed by atoms with Crippen LogP contribution in [0.2, 0.25) is 0 Å². The Bertz CT molecular complexity index is 5060. The molecule has 14 aromatic rings. The third kappa shape index (κ3) is 10.1. The molecule has 2 aliphatic rings. The van der Waals surface area contributed by atoms with Gasteiger partial charge in [-0.25, -0.2) is 26.3 Å². The second kappa shape index (κ2) is 24.5. The van der Waals surface area contributed by atoms with Crippen LogP contribution < -0.4 is 9.80 Å². The van der Waals surface area contributed by atoms with E-state index in [9.17, 15) is 8.78 Å². The summed E-state index contributed by atoms with van der Waals surface area (Å²) in [5.74, 6) is -4.40. The highest BCUT2D eigenvalue weighted by Crippen LogP contribution is 2.60. The zero-order chi connectivity index (χ0) is 66.8. The number of rotatable bonds is 15. The fourth-order valence-corrected chi connectivity index (χ4v) is 15.0. The molecular weight excluding hydrogens is 1220 g/mol. The van der Waals surface area contributed by atoms with E-state index in [0.717, 1.165) is 134 Å². The first-order valence-corrected chi connectivity index (χ1v) is 32.3. The number of anilines is 6. The molecule has 0 heterocycles. The minimum absolute atomic E-state index is 0.319. The molecule has 2 nitrogen and oxygen atoms in total. The third-order valence-corrected chi connectivity index (χ3v) is 19.6. The molecule has 8 heteroatoms. The Kier molecular flexibility index (Phi) is 15.2. The molecule has 14 aromatic carbocycles. The van der Waals surface area contributed by atoms with Gasteiger partial charge in [-0.2, -0.15) is 0 Å². The highest BCUT2D eigenvalue weighted by molar-refractivity contribution is 5.92. The van der Waals surface area contributed by atoms with Crippen molar-refractivity contribution < 1.29 is 26.3 Å². The number of halogens is 6. The summed E-state index contributed by atoms with van der Waals surface area (Å²) in [5.41, 5.74) is 20.5. The summed E-state index contributed by atoms with van der Waals surface area (Å²) in [6.07, 6.45) is 3.57. The number of hydrogen-bond donors (Lipinski definition) is 0. The first kappa shape index (κ1) is 60.7. The zero-order valence-electron chi connectivity index (χ0n) is 52.8. The van der Waals surface area contributed by atoms with Gasteiger partial charge in [0.05, 0.1) is 10.8 Å². The standard InChI is InChI=1S/C90H58F6N2/c1-3-57-13-29-65(30-14-57)89(67-33-51-85(93)87(95)53-67)81-11-7-5-9-77(81)79-49-47-75(55-83(79)89)97(71-39-21-61(22-40-71)59-17-35-69(91)36-18-59)73-43-25-63(26-44-73)64-27-45-74(46-28-64)98(72-41-23-62(24-42-72)60-19-37-70(92)38-20-60)76-48-50-80-78-10-6-8-12-82(78)90(84(80)56-76,66-31-15-58(4-2)16-32-66)68-34-52-86(94)88(96)54-68/h3-56H,1-2H2. The second-order valence-electron chi connectivity index (χ2n) is 24.8. The monoisotopic (exact) mass is 1280 g/mol. The zero-order valence-corrected chi connectivity index (χ0v) is 52.8. The van der Waals surface area contributed by atoms with E-state index in [1.54, 1.807) is 48.6 Å². The van der Waals surface area contributed by atoms with Gasteiger partial charge in [0.1, 0.15) is 11.6 Å². The molecule has 0 aliphatic heterocycles. The van der Waals surface area contributed by atoms with Crippen LogP contribution in [0.15, 0.2) is 329 Å². The van der Waals surface area contributed by atoms with Gasteiger partial charge in [-0.15, -0.1) is 0 Å². The van der Waals surface area contributed by atoms with Gasteiger partial charge in [-0.3, -0.25) is 0 Å². The number of fused-ring (bicyclic) bond motifs is 6. The minimum atomic E-state index is -1.08. The van der Waals surface area contributed by atoms with Crippen molar-refractivity contribution in [3.63, 3.8) is 0 Å². The Balaban J connectivity index is 0.816. The van der Waals surface area contributed by atoms with Crippen LogP contribution in [0.25, 0.3) is 67.8 Å². The molecule has 0 radical (unpaired) electrons. The molecule has 0 bridgehead atoms. The highest BCUT2D eigenvalue weighted by Gasteiger charge is 2.48. The molecule has 16 rings (SSSR count). The highest BCUT2D eigenvalue weighted by atomic mass is 19.2. The van der Waals surface area contributed by atoms with Crippen LogP contribution in [-0.4, -0.2) is 0 Å². The first-order valence-electron chi connectivity index (χ1n) is 32.3. The van der Waals surface area contributed by atoms with E-state index in [2.05, 4.69) is 156 Å². The lowest BCUT2D eigenvalue weighted by Crippen LogP contribution is -2.29. The lowest BCUT2D eigenvalue weighted by molar-refractivity contribution is 0.505. The van der Waals surface area contributed by atoms with E-state index < -0.39 is 34.1 Å². The summed E-state index contributed by atoms with van der Waals surface area (Å²) in [7, 11) is 0. The van der Waals surface area contributed by atoms with Crippen molar-refractivity contribution in [2.24, 2.45) is 0 Å². The predicted octanol–water partition coefficient (Wildman–Crippen LogP) is 24.5.